The Bertz CT molecular complexity index is 382. The van der Waals surface area contributed by atoms with Crippen LogP contribution in [0.3, 0.4) is 0 Å². The lowest BCUT2D eigenvalue weighted by Gasteiger charge is -2.29. The molecule has 0 spiro atoms. The van der Waals surface area contributed by atoms with E-state index in [2.05, 4.69) is 5.32 Å². The third-order valence-corrected chi connectivity index (χ3v) is 3.32. The molecule has 1 saturated heterocycles. The van der Waals surface area contributed by atoms with Crippen LogP contribution in [0.4, 0.5) is 13.2 Å². The molecule has 1 N–H and O–H groups in total. The van der Waals surface area contributed by atoms with Gasteiger partial charge in [0, 0.05) is 12.6 Å². The standard InChI is InChI=1S/C13H16F3NO/c1-9(12-8-18-7-6-17-12)10-2-4-11(5-3-10)13(14,15)16/h2-5,9,12,17H,6-8H2,1H3. The van der Waals surface area contributed by atoms with Gasteiger partial charge in [-0.1, -0.05) is 19.1 Å². The van der Waals surface area contributed by atoms with E-state index in [1.165, 1.54) is 0 Å². The van der Waals surface area contributed by atoms with E-state index < -0.39 is 11.7 Å². The van der Waals surface area contributed by atoms with Crippen LogP contribution in [0.5, 0.6) is 0 Å². The van der Waals surface area contributed by atoms with Crippen LogP contribution in [0.2, 0.25) is 0 Å². The van der Waals surface area contributed by atoms with Crippen molar-refractivity contribution in [2.75, 3.05) is 19.8 Å². The lowest BCUT2D eigenvalue weighted by Crippen LogP contribution is -2.44. The number of hydrogen-bond acceptors (Lipinski definition) is 2. The van der Waals surface area contributed by atoms with Gasteiger partial charge in [-0.3, -0.25) is 0 Å². The molecule has 1 heterocycles. The Morgan fingerprint density at radius 2 is 1.94 bits per heavy atom. The quantitative estimate of drug-likeness (QED) is 0.881. The number of alkyl halides is 3. The lowest BCUT2D eigenvalue weighted by atomic mass is 9.92. The summed E-state index contributed by atoms with van der Waals surface area (Å²) in [4.78, 5) is 0. The summed E-state index contributed by atoms with van der Waals surface area (Å²) < 4.78 is 42.7. The first kappa shape index (κ1) is 13.4. The van der Waals surface area contributed by atoms with Gasteiger partial charge in [-0.25, -0.2) is 0 Å². The van der Waals surface area contributed by atoms with Gasteiger partial charge < -0.3 is 10.1 Å². The smallest absolute Gasteiger partial charge is 0.378 e. The van der Waals surface area contributed by atoms with Crippen molar-refractivity contribution in [3.63, 3.8) is 0 Å². The maximum absolute atomic E-state index is 12.4. The van der Waals surface area contributed by atoms with Crippen molar-refractivity contribution < 1.29 is 17.9 Å². The minimum absolute atomic E-state index is 0.132. The Kier molecular flexibility index (Phi) is 3.92. The maximum atomic E-state index is 12.4. The highest BCUT2D eigenvalue weighted by Gasteiger charge is 2.30. The molecule has 2 nitrogen and oxygen atoms in total. The van der Waals surface area contributed by atoms with Gasteiger partial charge in [-0.05, 0) is 23.6 Å². The van der Waals surface area contributed by atoms with Crippen LogP contribution in [-0.4, -0.2) is 25.8 Å². The first-order valence-electron chi connectivity index (χ1n) is 5.97. The molecule has 5 heteroatoms. The van der Waals surface area contributed by atoms with Crippen molar-refractivity contribution in [2.24, 2.45) is 0 Å². The molecule has 100 valence electrons. The largest absolute Gasteiger partial charge is 0.416 e. The van der Waals surface area contributed by atoms with E-state index in [4.69, 9.17) is 4.74 Å². The third kappa shape index (κ3) is 3.03. The Labute approximate surface area is 104 Å². The molecule has 1 fully saturated rings. The van der Waals surface area contributed by atoms with E-state index >= 15 is 0 Å². The van der Waals surface area contributed by atoms with Gasteiger partial charge in [0.15, 0.2) is 0 Å². The summed E-state index contributed by atoms with van der Waals surface area (Å²) in [6.45, 7) is 4.07. The van der Waals surface area contributed by atoms with Gasteiger partial charge in [0.1, 0.15) is 0 Å². The second kappa shape index (κ2) is 5.28. The topological polar surface area (TPSA) is 21.3 Å². The summed E-state index contributed by atoms with van der Waals surface area (Å²) in [5.74, 6) is 0.132. The van der Waals surface area contributed by atoms with Crippen LogP contribution in [0.1, 0.15) is 24.0 Å². The third-order valence-electron chi connectivity index (χ3n) is 3.32. The summed E-state index contributed by atoms with van der Waals surface area (Å²) >= 11 is 0. The molecule has 0 radical (unpaired) electrons. The molecular formula is C13H16F3NO. The van der Waals surface area contributed by atoms with Gasteiger partial charge >= 0.3 is 6.18 Å². The molecule has 2 unspecified atom stereocenters. The summed E-state index contributed by atoms with van der Waals surface area (Å²) in [5, 5.41) is 3.31. The second-order valence-corrected chi connectivity index (χ2v) is 4.54. The fourth-order valence-electron chi connectivity index (χ4n) is 2.11. The summed E-state index contributed by atoms with van der Waals surface area (Å²) in [6, 6.07) is 5.52. The van der Waals surface area contributed by atoms with E-state index in [1.807, 2.05) is 6.92 Å². The van der Waals surface area contributed by atoms with Crippen molar-refractivity contribution in [3.05, 3.63) is 35.4 Å². The Morgan fingerprint density at radius 3 is 2.44 bits per heavy atom. The highest BCUT2D eigenvalue weighted by Crippen LogP contribution is 2.30. The summed E-state index contributed by atoms with van der Waals surface area (Å²) in [6.07, 6.45) is -4.27. The van der Waals surface area contributed by atoms with Crippen LogP contribution >= 0.6 is 0 Å². The molecule has 0 amide bonds. The first-order valence-corrected chi connectivity index (χ1v) is 5.97. The monoisotopic (exact) mass is 259 g/mol. The van der Waals surface area contributed by atoms with E-state index in [9.17, 15) is 13.2 Å². The Hall–Kier alpha value is -1.07. The number of morpholine rings is 1. The number of benzene rings is 1. The summed E-state index contributed by atoms with van der Waals surface area (Å²) in [7, 11) is 0. The Balaban J connectivity index is 2.09. The van der Waals surface area contributed by atoms with Crippen molar-refractivity contribution in [1.29, 1.82) is 0 Å². The van der Waals surface area contributed by atoms with E-state index in [0.29, 0.717) is 13.2 Å². The molecule has 0 aliphatic carbocycles. The fourth-order valence-corrected chi connectivity index (χ4v) is 2.11. The second-order valence-electron chi connectivity index (χ2n) is 4.54. The van der Waals surface area contributed by atoms with E-state index in [1.54, 1.807) is 12.1 Å². The van der Waals surface area contributed by atoms with Crippen molar-refractivity contribution in [1.82, 2.24) is 5.32 Å². The first-order chi connectivity index (χ1) is 8.48. The summed E-state index contributed by atoms with van der Waals surface area (Å²) in [5.41, 5.74) is 0.289. The highest BCUT2D eigenvalue weighted by molar-refractivity contribution is 5.27. The zero-order chi connectivity index (χ0) is 13.2. The van der Waals surface area contributed by atoms with Crippen LogP contribution in [0, 0.1) is 0 Å². The average molecular weight is 259 g/mol. The molecule has 1 aromatic rings. The van der Waals surface area contributed by atoms with Crippen LogP contribution in [0.25, 0.3) is 0 Å². The molecule has 0 aromatic heterocycles. The van der Waals surface area contributed by atoms with Crippen LogP contribution in [0.15, 0.2) is 24.3 Å². The highest BCUT2D eigenvalue weighted by atomic mass is 19.4. The molecule has 0 bridgehead atoms. The van der Waals surface area contributed by atoms with Crippen LogP contribution in [-0.2, 0) is 10.9 Å². The normalized spacial score (nSPS) is 22.8. The van der Waals surface area contributed by atoms with Gasteiger partial charge in [0.25, 0.3) is 0 Å². The number of nitrogens with one attached hydrogen (secondary N) is 1. The zero-order valence-electron chi connectivity index (χ0n) is 10.1. The molecule has 0 saturated carbocycles. The molecule has 1 aliphatic rings. The van der Waals surface area contributed by atoms with Crippen molar-refractivity contribution >= 4 is 0 Å². The van der Waals surface area contributed by atoms with Gasteiger partial charge in [-0.15, -0.1) is 0 Å². The average Bonchev–Trinajstić information content (AvgIpc) is 2.38. The molecule has 1 aromatic carbocycles. The predicted molar refractivity (Wildman–Crippen MR) is 62.5 cm³/mol. The minimum Gasteiger partial charge on any atom is -0.378 e. The number of hydrogen-bond donors (Lipinski definition) is 1. The SMILES string of the molecule is CC(c1ccc(C(F)(F)F)cc1)C1COCCN1. The number of ether oxygens (including phenoxy) is 1. The fraction of sp³-hybridized carbons (Fsp3) is 0.538. The Morgan fingerprint density at radius 1 is 1.28 bits per heavy atom. The molecular weight excluding hydrogens is 243 g/mol. The minimum atomic E-state index is -4.27. The van der Waals surface area contributed by atoms with E-state index in [0.717, 1.165) is 24.2 Å². The number of rotatable bonds is 2. The van der Waals surface area contributed by atoms with E-state index in [-0.39, 0.29) is 12.0 Å². The maximum Gasteiger partial charge on any atom is 0.416 e. The van der Waals surface area contributed by atoms with Gasteiger partial charge in [0.05, 0.1) is 18.8 Å². The van der Waals surface area contributed by atoms with Gasteiger partial charge in [0.2, 0.25) is 0 Å². The molecule has 2 atom stereocenters. The van der Waals surface area contributed by atoms with Crippen molar-refractivity contribution in [2.45, 2.75) is 25.1 Å². The zero-order valence-corrected chi connectivity index (χ0v) is 10.1. The lowest BCUT2D eigenvalue weighted by molar-refractivity contribution is -0.137. The molecule has 1 aliphatic heterocycles. The molecule has 2 rings (SSSR count). The van der Waals surface area contributed by atoms with Gasteiger partial charge in [-0.2, -0.15) is 13.2 Å². The molecule has 18 heavy (non-hydrogen) atoms. The van der Waals surface area contributed by atoms with Crippen LogP contribution < -0.4 is 5.32 Å². The van der Waals surface area contributed by atoms with Crippen molar-refractivity contribution in [3.8, 4) is 0 Å². The number of halogens is 3. The predicted octanol–water partition coefficient (Wildman–Crippen LogP) is 2.80.